The third-order valence-electron chi connectivity index (χ3n) is 5.81. The number of hydrogen-bond donors (Lipinski definition) is 3. The van der Waals surface area contributed by atoms with Crippen molar-refractivity contribution in [3.63, 3.8) is 0 Å². The molecule has 0 saturated carbocycles. The molecule has 0 aliphatic heterocycles. The zero-order chi connectivity index (χ0) is 23.5. The average molecular weight is 444 g/mol. The lowest BCUT2D eigenvalue weighted by Crippen LogP contribution is -2.42. The van der Waals surface area contributed by atoms with E-state index in [0.29, 0.717) is 11.3 Å². The van der Waals surface area contributed by atoms with Crippen molar-refractivity contribution in [2.75, 3.05) is 11.9 Å². The van der Waals surface area contributed by atoms with Crippen LogP contribution in [0.1, 0.15) is 39.9 Å². The molecule has 3 aromatic carbocycles. The minimum atomic E-state index is -1.08. The summed E-state index contributed by atoms with van der Waals surface area (Å²) in [6.45, 7) is 3.35. The van der Waals surface area contributed by atoms with Crippen LogP contribution in [0.4, 0.5) is 10.5 Å². The van der Waals surface area contributed by atoms with E-state index in [4.69, 9.17) is 4.74 Å². The van der Waals surface area contributed by atoms with Crippen LogP contribution < -0.4 is 10.6 Å². The molecule has 7 nitrogen and oxygen atoms in total. The first kappa shape index (κ1) is 22.1. The molecule has 4 rings (SSSR count). The number of carboxylic acids is 1. The number of carbonyl (C=O) groups is 3. The van der Waals surface area contributed by atoms with Crippen LogP contribution in [0.25, 0.3) is 11.1 Å². The van der Waals surface area contributed by atoms with Gasteiger partial charge >= 0.3 is 12.1 Å². The van der Waals surface area contributed by atoms with Crippen molar-refractivity contribution in [1.29, 1.82) is 0 Å². The average Bonchev–Trinajstić information content (AvgIpc) is 3.12. The van der Waals surface area contributed by atoms with Gasteiger partial charge in [0.2, 0.25) is 5.91 Å². The number of aryl methyl sites for hydroxylation is 1. The van der Waals surface area contributed by atoms with Gasteiger partial charge in [0.1, 0.15) is 12.6 Å². The highest BCUT2D eigenvalue weighted by molar-refractivity contribution is 5.98. The highest BCUT2D eigenvalue weighted by Crippen LogP contribution is 2.44. The quantitative estimate of drug-likeness (QED) is 0.517. The number of anilines is 1. The fraction of sp³-hybridized carbons (Fsp3) is 0.192. The summed E-state index contributed by atoms with van der Waals surface area (Å²) >= 11 is 0. The topological polar surface area (TPSA) is 105 Å². The van der Waals surface area contributed by atoms with Crippen LogP contribution in [0.5, 0.6) is 0 Å². The van der Waals surface area contributed by atoms with Crippen molar-refractivity contribution in [3.05, 3.63) is 89.0 Å². The Hall–Kier alpha value is -4.13. The molecule has 1 unspecified atom stereocenters. The minimum Gasteiger partial charge on any atom is -0.478 e. The lowest BCUT2D eigenvalue weighted by atomic mass is 9.98. The molecule has 1 aliphatic rings. The molecule has 0 fully saturated rings. The molecular weight excluding hydrogens is 420 g/mol. The van der Waals surface area contributed by atoms with Crippen LogP contribution in [-0.4, -0.2) is 35.7 Å². The number of amides is 2. The zero-order valence-electron chi connectivity index (χ0n) is 18.3. The van der Waals surface area contributed by atoms with Gasteiger partial charge in [-0.15, -0.1) is 0 Å². The first-order chi connectivity index (χ1) is 15.8. The Morgan fingerprint density at radius 2 is 1.58 bits per heavy atom. The smallest absolute Gasteiger partial charge is 0.407 e. The highest BCUT2D eigenvalue weighted by Gasteiger charge is 2.29. The molecule has 0 aromatic heterocycles. The molecule has 168 valence electrons. The highest BCUT2D eigenvalue weighted by atomic mass is 16.5. The number of carbonyl (C=O) groups excluding carboxylic acids is 2. The van der Waals surface area contributed by atoms with Gasteiger partial charge in [-0.3, -0.25) is 4.79 Å². The minimum absolute atomic E-state index is 0.0747. The number of benzene rings is 3. The van der Waals surface area contributed by atoms with E-state index in [1.54, 1.807) is 19.1 Å². The Bertz CT molecular complexity index is 1190. The molecule has 0 saturated heterocycles. The third-order valence-corrected chi connectivity index (χ3v) is 5.81. The SMILES string of the molecule is Cc1ccc(NC(=O)C(C)NC(=O)OCC2c3ccccc3-c3ccccc32)cc1C(=O)O. The van der Waals surface area contributed by atoms with Gasteiger partial charge in [-0.25, -0.2) is 9.59 Å². The van der Waals surface area contributed by atoms with Crippen molar-refractivity contribution >= 4 is 23.7 Å². The fourth-order valence-corrected chi connectivity index (χ4v) is 4.06. The van der Waals surface area contributed by atoms with Gasteiger partial charge in [-0.2, -0.15) is 0 Å². The standard InChI is InChI=1S/C26H24N2O5/c1-15-11-12-17(13-22(15)25(30)31)28-24(29)16(2)27-26(32)33-14-23-20-9-5-3-7-18(20)19-8-4-6-10-21(19)23/h3-13,16,23H,14H2,1-2H3,(H,27,32)(H,28,29)(H,30,31). The summed E-state index contributed by atoms with van der Waals surface area (Å²) in [4.78, 5) is 36.1. The summed E-state index contributed by atoms with van der Waals surface area (Å²) in [5.41, 5.74) is 5.50. The molecule has 3 N–H and O–H groups in total. The normalized spacial score (nSPS) is 12.9. The molecule has 1 aliphatic carbocycles. The Kier molecular flexibility index (Phi) is 6.13. The van der Waals surface area contributed by atoms with Crippen LogP contribution in [0.3, 0.4) is 0 Å². The molecule has 1 atom stereocenters. The second-order valence-electron chi connectivity index (χ2n) is 8.02. The van der Waals surface area contributed by atoms with Crippen molar-refractivity contribution in [3.8, 4) is 11.1 Å². The Morgan fingerprint density at radius 1 is 0.970 bits per heavy atom. The van der Waals surface area contributed by atoms with Crippen LogP contribution in [0, 0.1) is 6.92 Å². The maximum absolute atomic E-state index is 12.5. The maximum atomic E-state index is 12.5. The molecule has 33 heavy (non-hydrogen) atoms. The van der Waals surface area contributed by atoms with E-state index in [9.17, 15) is 19.5 Å². The molecule has 0 radical (unpaired) electrons. The molecular formula is C26H24N2O5. The van der Waals surface area contributed by atoms with Gasteiger partial charge in [0.25, 0.3) is 0 Å². The summed E-state index contributed by atoms with van der Waals surface area (Å²) < 4.78 is 5.47. The third kappa shape index (κ3) is 4.57. The Balaban J connectivity index is 1.36. The van der Waals surface area contributed by atoms with Gasteiger partial charge in [0, 0.05) is 11.6 Å². The van der Waals surface area contributed by atoms with Crippen LogP contribution in [0.2, 0.25) is 0 Å². The van der Waals surface area contributed by atoms with E-state index >= 15 is 0 Å². The summed E-state index contributed by atoms with van der Waals surface area (Å²) in [6, 6.07) is 19.8. The number of aromatic carboxylic acids is 1. The molecule has 7 heteroatoms. The van der Waals surface area contributed by atoms with Crippen LogP contribution in [-0.2, 0) is 9.53 Å². The predicted octanol–water partition coefficient (Wildman–Crippen LogP) is 4.56. The number of carboxylic acid groups (broad SMARTS) is 1. The molecule has 0 spiro atoms. The number of ether oxygens (including phenoxy) is 1. The van der Waals surface area contributed by atoms with Crippen LogP contribution in [0.15, 0.2) is 66.7 Å². The first-order valence-electron chi connectivity index (χ1n) is 10.6. The second-order valence-corrected chi connectivity index (χ2v) is 8.02. The molecule has 0 heterocycles. The summed E-state index contributed by atoms with van der Waals surface area (Å²) in [7, 11) is 0. The van der Waals surface area contributed by atoms with Gasteiger partial charge < -0.3 is 20.5 Å². The van der Waals surface area contributed by atoms with Crippen LogP contribution >= 0.6 is 0 Å². The number of alkyl carbamates (subject to hydrolysis) is 1. The zero-order valence-corrected chi connectivity index (χ0v) is 18.3. The predicted molar refractivity (Wildman–Crippen MR) is 124 cm³/mol. The van der Waals surface area contributed by atoms with E-state index in [1.807, 2.05) is 36.4 Å². The monoisotopic (exact) mass is 444 g/mol. The van der Waals surface area contributed by atoms with E-state index in [0.717, 1.165) is 22.3 Å². The number of fused-ring (bicyclic) bond motifs is 3. The van der Waals surface area contributed by atoms with E-state index < -0.39 is 24.0 Å². The van der Waals surface area contributed by atoms with Gasteiger partial charge in [0.05, 0.1) is 5.56 Å². The maximum Gasteiger partial charge on any atom is 0.407 e. The first-order valence-corrected chi connectivity index (χ1v) is 10.6. The summed E-state index contributed by atoms with van der Waals surface area (Å²) in [5.74, 6) is -1.63. The lowest BCUT2D eigenvalue weighted by molar-refractivity contribution is -0.117. The van der Waals surface area contributed by atoms with Crippen molar-refractivity contribution in [2.24, 2.45) is 0 Å². The number of hydrogen-bond acceptors (Lipinski definition) is 4. The molecule has 0 bridgehead atoms. The second kappa shape index (κ2) is 9.16. The molecule has 3 aromatic rings. The van der Waals surface area contributed by atoms with Crippen molar-refractivity contribution in [1.82, 2.24) is 5.32 Å². The molecule has 2 amide bonds. The summed E-state index contributed by atoms with van der Waals surface area (Å²) in [5, 5.41) is 14.4. The Morgan fingerprint density at radius 3 is 2.18 bits per heavy atom. The van der Waals surface area contributed by atoms with Crippen molar-refractivity contribution < 1.29 is 24.2 Å². The largest absolute Gasteiger partial charge is 0.478 e. The van der Waals surface area contributed by atoms with Gasteiger partial charge in [-0.1, -0.05) is 54.6 Å². The van der Waals surface area contributed by atoms with Gasteiger partial charge in [-0.05, 0) is 53.8 Å². The van der Waals surface area contributed by atoms with E-state index in [-0.39, 0.29) is 18.1 Å². The number of nitrogens with one attached hydrogen (secondary N) is 2. The van der Waals surface area contributed by atoms with Gasteiger partial charge in [0.15, 0.2) is 0 Å². The Labute approximate surface area is 191 Å². The van der Waals surface area contributed by atoms with E-state index in [1.165, 1.54) is 13.0 Å². The van der Waals surface area contributed by atoms with E-state index in [2.05, 4.69) is 22.8 Å². The van der Waals surface area contributed by atoms with Crippen molar-refractivity contribution in [2.45, 2.75) is 25.8 Å². The fourth-order valence-electron chi connectivity index (χ4n) is 4.06. The summed E-state index contributed by atoms with van der Waals surface area (Å²) in [6.07, 6.45) is -0.699. The number of rotatable bonds is 6. The lowest BCUT2D eigenvalue weighted by Gasteiger charge is -2.17.